The van der Waals surface area contributed by atoms with Gasteiger partial charge in [0.2, 0.25) is 5.88 Å². The molecule has 2 fully saturated rings. The number of likely N-dealkylation sites (tertiary alicyclic amines) is 1. The maximum Gasteiger partial charge on any atom is 0.248 e. The molecule has 11 nitrogen and oxygen atoms in total. The molecule has 260 valence electrons. The van der Waals surface area contributed by atoms with Crippen molar-refractivity contribution in [2.45, 2.75) is 131 Å². The molecule has 2 saturated heterocycles. The minimum atomic E-state index is -0.475. The first-order chi connectivity index (χ1) is 23.0. The number of ether oxygens (including phenoxy) is 1. The second-order valence-electron chi connectivity index (χ2n) is 12.2. The second kappa shape index (κ2) is 19.1. The van der Waals surface area contributed by atoms with E-state index in [2.05, 4.69) is 43.7 Å². The smallest absolute Gasteiger partial charge is 0.248 e. The summed E-state index contributed by atoms with van der Waals surface area (Å²) < 4.78 is 13.5. The number of hydrogen-bond donors (Lipinski definition) is 1. The Morgan fingerprint density at radius 2 is 1.81 bits per heavy atom. The summed E-state index contributed by atoms with van der Waals surface area (Å²) in [5.41, 5.74) is 2.25. The monoisotopic (exact) mass is 651 g/mol. The van der Waals surface area contributed by atoms with Crippen molar-refractivity contribution in [3.8, 4) is 17.4 Å². The van der Waals surface area contributed by atoms with Crippen LogP contribution in [-0.2, 0) is 17.8 Å². The Morgan fingerprint density at radius 3 is 2.47 bits per heavy atom. The Balaban J connectivity index is 0.000000947. The highest BCUT2D eigenvalue weighted by atomic mass is 16.6. The topological polar surface area (TPSA) is 123 Å². The quantitative estimate of drug-likeness (QED) is 0.190. The molecule has 3 unspecified atom stereocenters. The van der Waals surface area contributed by atoms with Gasteiger partial charge in [-0.15, -0.1) is 5.10 Å². The van der Waals surface area contributed by atoms with E-state index < -0.39 is 6.79 Å². The molecule has 1 aliphatic carbocycles. The predicted molar refractivity (Wildman–Crippen MR) is 189 cm³/mol. The Morgan fingerprint density at radius 1 is 1.06 bits per heavy atom. The summed E-state index contributed by atoms with van der Waals surface area (Å²) in [7, 11) is 6.65. The van der Waals surface area contributed by atoms with Crippen LogP contribution in [0.15, 0.2) is 4.52 Å². The van der Waals surface area contributed by atoms with Crippen LogP contribution in [0.2, 0.25) is 6.82 Å². The molecule has 47 heavy (non-hydrogen) atoms. The lowest BCUT2D eigenvalue weighted by Crippen LogP contribution is -2.35. The number of unbranched alkanes of at least 4 members (excludes halogenated alkanes) is 1. The first-order valence-electron chi connectivity index (χ1n) is 18.0. The molecule has 0 saturated carbocycles. The van der Waals surface area contributed by atoms with Gasteiger partial charge in [-0.05, 0) is 70.9 Å². The number of anilines is 1. The van der Waals surface area contributed by atoms with Crippen LogP contribution in [0.5, 0.6) is 5.88 Å². The van der Waals surface area contributed by atoms with Crippen molar-refractivity contribution in [3.05, 3.63) is 11.3 Å². The van der Waals surface area contributed by atoms with Crippen LogP contribution < -0.4 is 9.64 Å². The summed E-state index contributed by atoms with van der Waals surface area (Å²) >= 11 is 0. The second-order valence-corrected chi connectivity index (χ2v) is 12.2. The molecular weight excluding hydrogens is 593 g/mol. The highest BCUT2D eigenvalue weighted by Gasteiger charge is 2.35. The average molecular weight is 652 g/mol. The number of ketones is 1. The average Bonchev–Trinajstić information content (AvgIpc) is 3.83. The number of hydrogen-bond acceptors (Lipinski definition) is 10. The number of likely N-dealkylation sites (N-methyl/N-ethyl adjacent to an activating group) is 1. The number of aliphatic hydroxyl groups is 1. The summed E-state index contributed by atoms with van der Waals surface area (Å²) in [6.07, 6.45) is 9.43. The maximum atomic E-state index is 13.1. The number of piperidine rings is 1. The molecule has 6 rings (SSSR count). The van der Waals surface area contributed by atoms with Gasteiger partial charge in [-0.3, -0.25) is 4.79 Å². The molecular formula is C35H58BN7O4. The number of carbonyl (C=O) groups is 1. The van der Waals surface area contributed by atoms with Crippen molar-refractivity contribution in [2.75, 3.05) is 38.4 Å². The van der Waals surface area contributed by atoms with E-state index >= 15 is 0 Å². The summed E-state index contributed by atoms with van der Waals surface area (Å²) in [6, 6.07) is 0.339. The molecule has 2 radical (unpaired) electrons. The van der Waals surface area contributed by atoms with Gasteiger partial charge in [-0.25, -0.2) is 14.6 Å². The first-order valence-corrected chi connectivity index (χ1v) is 18.0. The predicted octanol–water partition coefficient (Wildman–Crippen LogP) is 6.58. The molecule has 12 heteroatoms. The lowest BCUT2D eigenvalue weighted by Gasteiger charge is -2.32. The van der Waals surface area contributed by atoms with Crippen molar-refractivity contribution < 1.29 is 19.2 Å². The zero-order chi connectivity index (χ0) is 34.5. The van der Waals surface area contributed by atoms with Crippen molar-refractivity contribution >= 4 is 30.5 Å². The van der Waals surface area contributed by atoms with Crippen molar-refractivity contribution in [1.29, 1.82) is 0 Å². The van der Waals surface area contributed by atoms with Gasteiger partial charge < -0.3 is 24.2 Å². The summed E-state index contributed by atoms with van der Waals surface area (Å²) in [5.74, 6) is 2.81. The summed E-state index contributed by atoms with van der Waals surface area (Å²) in [5, 5.41) is 19.8. The van der Waals surface area contributed by atoms with Gasteiger partial charge in [0.05, 0.1) is 20.3 Å². The van der Waals surface area contributed by atoms with Gasteiger partial charge in [0.1, 0.15) is 17.0 Å². The molecule has 0 bridgehead atoms. The molecule has 5 heterocycles. The van der Waals surface area contributed by atoms with Gasteiger partial charge >= 0.3 is 0 Å². The van der Waals surface area contributed by atoms with E-state index in [1.165, 1.54) is 13.2 Å². The maximum absolute atomic E-state index is 13.1. The molecule has 1 N–H and O–H groups in total. The van der Waals surface area contributed by atoms with Crippen LogP contribution in [-0.4, -0.2) is 88.1 Å². The molecule has 0 amide bonds. The highest BCUT2D eigenvalue weighted by Crippen LogP contribution is 2.41. The van der Waals surface area contributed by atoms with Crippen LogP contribution in [0.1, 0.15) is 117 Å². The first kappa shape index (κ1) is 38.5. The summed E-state index contributed by atoms with van der Waals surface area (Å²) in [6.45, 7) is 16.9. The van der Waals surface area contributed by atoms with Gasteiger partial charge in [0.25, 0.3) is 0 Å². The number of aliphatic hydroxyl groups excluding tert-OH is 1. The Bertz CT molecular complexity index is 1390. The van der Waals surface area contributed by atoms with Crippen LogP contribution in [0.25, 0.3) is 22.6 Å². The number of fused-ring (bicyclic) bond motifs is 2. The Hall–Kier alpha value is -2.99. The molecule has 3 aliphatic rings. The van der Waals surface area contributed by atoms with Crippen molar-refractivity contribution in [3.63, 3.8) is 0 Å². The van der Waals surface area contributed by atoms with Crippen LogP contribution in [0.3, 0.4) is 0 Å². The normalized spacial score (nSPS) is 20.7. The third-order valence-corrected chi connectivity index (χ3v) is 9.19. The Kier molecular flexibility index (Phi) is 15.6. The third-order valence-electron chi connectivity index (χ3n) is 9.19. The van der Waals surface area contributed by atoms with Crippen LogP contribution in [0.4, 0.5) is 5.82 Å². The number of rotatable bonds is 10. The third kappa shape index (κ3) is 8.74. The fourth-order valence-electron chi connectivity index (χ4n) is 6.90. The number of carbonyl (C=O) groups excluding carboxylic acids is 1. The van der Waals surface area contributed by atoms with Crippen LogP contribution in [0, 0.1) is 5.92 Å². The van der Waals surface area contributed by atoms with E-state index in [0.29, 0.717) is 53.7 Å². The van der Waals surface area contributed by atoms with E-state index in [9.17, 15) is 9.90 Å². The van der Waals surface area contributed by atoms with Gasteiger partial charge in [0, 0.05) is 31.1 Å². The SMILES string of the molecule is CC.CC.CCCCC(=O)C1CCCc2c(-c3nc(N4CCCC(C)C4)c4c(OCO)nn(CC5CCCN5C)c4n3)noc21.[B]C. The lowest BCUT2D eigenvalue weighted by molar-refractivity contribution is -0.121. The number of Topliss-reactive ketones (excluding diaryl/α,β-unsaturated/α-hetero) is 1. The van der Waals surface area contributed by atoms with Gasteiger partial charge in [-0.2, -0.15) is 0 Å². The molecule has 2 aliphatic heterocycles. The zero-order valence-corrected chi connectivity index (χ0v) is 30.2. The molecule has 0 spiro atoms. The van der Waals surface area contributed by atoms with E-state index in [4.69, 9.17) is 24.3 Å². The fraction of sp³-hybridized carbons (Fsp3) is 0.743. The minimum Gasteiger partial charge on any atom is -0.449 e. The summed E-state index contributed by atoms with van der Waals surface area (Å²) in [4.78, 5) is 27.9. The van der Waals surface area contributed by atoms with E-state index in [0.717, 1.165) is 87.8 Å². The Labute approximate surface area is 283 Å². The molecule has 3 aromatic rings. The molecule has 3 aromatic heterocycles. The fourth-order valence-corrected chi connectivity index (χ4v) is 6.90. The van der Waals surface area contributed by atoms with E-state index in [1.807, 2.05) is 32.4 Å². The largest absolute Gasteiger partial charge is 0.449 e. The zero-order valence-electron chi connectivity index (χ0n) is 30.2. The van der Waals surface area contributed by atoms with Gasteiger partial charge in [0.15, 0.2) is 29.7 Å². The lowest BCUT2D eigenvalue weighted by atomic mass is 9.83. The van der Waals surface area contributed by atoms with Gasteiger partial charge in [-0.1, -0.05) is 59.9 Å². The number of aromatic nitrogens is 5. The van der Waals surface area contributed by atoms with E-state index in [-0.39, 0.29) is 11.7 Å². The number of nitrogens with zero attached hydrogens (tertiary/aromatic N) is 7. The molecule has 3 atom stereocenters. The van der Waals surface area contributed by atoms with Crippen molar-refractivity contribution in [2.24, 2.45) is 5.92 Å². The molecule has 0 aromatic carbocycles. The van der Waals surface area contributed by atoms with Crippen LogP contribution >= 0.6 is 0 Å². The minimum absolute atomic E-state index is 0.236. The van der Waals surface area contributed by atoms with Crippen molar-refractivity contribution in [1.82, 2.24) is 29.8 Å². The standard InChI is InChI=1S/C30H43N7O4.2C2H6.CH3B/c1-4-5-13-23(39)21-11-6-12-22-25(34-41-26(21)22)27-31-28(36-15-7-9-19(2)16-36)24-29(32-27)37(33-30(24)40-18-38)17-20-10-8-14-35(20)3;3*1-2/h19-21,38H,4-18H2,1-3H3;2*1-2H3;1H3. The van der Waals surface area contributed by atoms with E-state index in [1.54, 1.807) is 0 Å². The highest BCUT2D eigenvalue weighted by molar-refractivity contribution is 6.05.